The van der Waals surface area contributed by atoms with Gasteiger partial charge in [0.05, 0.1) is 24.7 Å². The van der Waals surface area contributed by atoms with E-state index in [-0.39, 0.29) is 30.1 Å². The predicted molar refractivity (Wildman–Crippen MR) is 76.4 cm³/mol. The van der Waals surface area contributed by atoms with E-state index in [0.29, 0.717) is 6.54 Å². The molecule has 116 valence electrons. The Morgan fingerprint density at radius 2 is 2.24 bits per heavy atom. The van der Waals surface area contributed by atoms with E-state index in [9.17, 15) is 9.59 Å². The molecule has 3 aliphatic heterocycles. The van der Waals surface area contributed by atoms with Crippen molar-refractivity contribution in [1.29, 1.82) is 0 Å². The zero-order valence-electron chi connectivity index (χ0n) is 13.0. The van der Waals surface area contributed by atoms with Crippen molar-refractivity contribution in [3.05, 3.63) is 12.2 Å². The van der Waals surface area contributed by atoms with Crippen molar-refractivity contribution in [1.82, 2.24) is 4.90 Å². The first-order valence-corrected chi connectivity index (χ1v) is 7.77. The summed E-state index contributed by atoms with van der Waals surface area (Å²) < 4.78 is 11.4. The molecule has 3 aliphatic rings. The van der Waals surface area contributed by atoms with Crippen LogP contribution in [0.4, 0.5) is 0 Å². The molecule has 0 aromatic heterocycles. The third-order valence-electron chi connectivity index (χ3n) is 4.88. The molecule has 5 atom stereocenters. The average Bonchev–Trinajstić information content (AvgIpc) is 3.05. The Labute approximate surface area is 125 Å². The van der Waals surface area contributed by atoms with Gasteiger partial charge in [-0.15, -0.1) is 0 Å². The molecule has 2 bridgehead atoms. The van der Waals surface area contributed by atoms with Gasteiger partial charge in [-0.05, 0) is 27.2 Å². The molecule has 3 rings (SSSR count). The molecule has 1 amide bonds. The first kappa shape index (κ1) is 14.6. The third-order valence-corrected chi connectivity index (χ3v) is 4.88. The number of ether oxygens (including phenoxy) is 2. The van der Waals surface area contributed by atoms with Crippen LogP contribution in [0.15, 0.2) is 12.2 Å². The van der Waals surface area contributed by atoms with Gasteiger partial charge in [0.15, 0.2) is 0 Å². The van der Waals surface area contributed by atoms with Crippen molar-refractivity contribution in [2.24, 2.45) is 11.8 Å². The number of esters is 1. The maximum atomic E-state index is 12.8. The smallest absolute Gasteiger partial charge is 0.313 e. The van der Waals surface area contributed by atoms with Gasteiger partial charge in [-0.2, -0.15) is 0 Å². The lowest BCUT2D eigenvalue weighted by Gasteiger charge is -2.26. The Hall–Kier alpha value is -1.36. The number of rotatable bonds is 4. The number of carbonyl (C=O) groups is 2. The zero-order valence-corrected chi connectivity index (χ0v) is 13.0. The summed E-state index contributed by atoms with van der Waals surface area (Å²) in [6, 6.07) is 0.162. The van der Waals surface area contributed by atoms with Gasteiger partial charge in [0.25, 0.3) is 0 Å². The van der Waals surface area contributed by atoms with Crippen molar-refractivity contribution in [2.75, 3.05) is 6.54 Å². The lowest BCUT2D eigenvalue weighted by molar-refractivity contribution is -0.157. The lowest BCUT2D eigenvalue weighted by atomic mass is 9.77. The molecule has 5 heteroatoms. The molecule has 0 aromatic rings. The molecular formula is C16H23NO4. The number of nitrogens with zero attached hydrogens (tertiary/aromatic N) is 1. The van der Waals surface area contributed by atoms with E-state index in [1.54, 1.807) is 0 Å². The van der Waals surface area contributed by atoms with Crippen LogP contribution >= 0.6 is 0 Å². The summed E-state index contributed by atoms with van der Waals surface area (Å²) in [6.45, 7) is 8.28. The summed E-state index contributed by atoms with van der Waals surface area (Å²) in [5, 5.41) is 0. The first-order valence-electron chi connectivity index (χ1n) is 7.77. The van der Waals surface area contributed by atoms with Gasteiger partial charge in [-0.1, -0.05) is 19.1 Å². The second-order valence-electron chi connectivity index (χ2n) is 6.61. The van der Waals surface area contributed by atoms with Crippen LogP contribution < -0.4 is 0 Å². The molecule has 0 N–H and O–H groups in total. The summed E-state index contributed by atoms with van der Waals surface area (Å²) in [6.07, 6.45) is 4.28. The summed E-state index contributed by atoms with van der Waals surface area (Å²) in [7, 11) is 0. The number of carbonyl (C=O) groups excluding carboxylic acids is 2. The van der Waals surface area contributed by atoms with Gasteiger partial charge in [0.2, 0.25) is 5.91 Å². The minimum atomic E-state index is -0.619. The molecule has 2 saturated heterocycles. The number of fused-ring (bicyclic) bond motifs is 1. The van der Waals surface area contributed by atoms with Gasteiger partial charge < -0.3 is 14.4 Å². The summed E-state index contributed by atoms with van der Waals surface area (Å²) >= 11 is 0. The molecule has 5 nitrogen and oxygen atoms in total. The van der Waals surface area contributed by atoms with Crippen LogP contribution in [0.2, 0.25) is 0 Å². The number of likely N-dealkylation sites (tertiary alicyclic amines) is 1. The Bertz CT molecular complexity index is 501. The highest BCUT2D eigenvalue weighted by molar-refractivity contribution is 5.91. The monoisotopic (exact) mass is 293 g/mol. The van der Waals surface area contributed by atoms with Crippen LogP contribution in [0.3, 0.4) is 0 Å². The molecule has 3 heterocycles. The Morgan fingerprint density at radius 3 is 2.86 bits per heavy atom. The molecular weight excluding hydrogens is 270 g/mol. The van der Waals surface area contributed by atoms with Gasteiger partial charge >= 0.3 is 5.97 Å². The molecule has 0 aliphatic carbocycles. The van der Waals surface area contributed by atoms with E-state index in [1.807, 2.05) is 37.8 Å². The van der Waals surface area contributed by atoms with E-state index in [0.717, 1.165) is 6.42 Å². The fraction of sp³-hybridized carbons (Fsp3) is 0.750. The van der Waals surface area contributed by atoms with E-state index >= 15 is 0 Å². The molecule has 0 unspecified atom stereocenters. The van der Waals surface area contributed by atoms with Crippen LogP contribution in [0.1, 0.15) is 34.1 Å². The minimum absolute atomic E-state index is 0.0295. The summed E-state index contributed by atoms with van der Waals surface area (Å²) in [5.74, 6) is -1.21. The van der Waals surface area contributed by atoms with E-state index in [4.69, 9.17) is 9.47 Å². The highest BCUT2D eigenvalue weighted by atomic mass is 16.6. The second kappa shape index (κ2) is 4.83. The summed E-state index contributed by atoms with van der Waals surface area (Å²) in [5.41, 5.74) is -0.619. The Morgan fingerprint density at radius 1 is 1.52 bits per heavy atom. The minimum Gasteiger partial charge on any atom is -0.463 e. The SMILES string of the molecule is CC[C@H](C)N1C[C@]23C=C[C@H](O2)[C@H](C(=O)OC(C)C)[C@@H]3C1=O. The van der Waals surface area contributed by atoms with Gasteiger partial charge in [-0.3, -0.25) is 9.59 Å². The first-order chi connectivity index (χ1) is 9.89. The molecule has 0 aromatic carbocycles. The highest BCUT2D eigenvalue weighted by Gasteiger charge is 2.67. The van der Waals surface area contributed by atoms with Crippen molar-refractivity contribution >= 4 is 11.9 Å². The quantitative estimate of drug-likeness (QED) is 0.582. The van der Waals surface area contributed by atoms with Gasteiger partial charge in [0.1, 0.15) is 11.5 Å². The van der Waals surface area contributed by atoms with Crippen molar-refractivity contribution in [2.45, 2.75) is 58.0 Å². The molecule has 1 spiro atoms. The Kier molecular flexibility index (Phi) is 3.35. The van der Waals surface area contributed by atoms with E-state index in [2.05, 4.69) is 6.92 Å². The standard InChI is InChI=1S/C16H23NO4/c1-5-10(4)17-8-16-7-6-11(21-16)12(13(16)14(17)18)15(19)20-9(2)3/h6-7,9-13H,5,8H2,1-4H3/t10-,11-,12-,13+,16-/m0/s1. The maximum Gasteiger partial charge on any atom is 0.313 e. The van der Waals surface area contributed by atoms with Crippen LogP contribution in [0.5, 0.6) is 0 Å². The van der Waals surface area contributed by atoms with Crippen LogP contribution in [-0.4, -0.2) is 47.2 Å². The van der Waals surface area contributed by atoms with Gasteiger partial charge in [0, 0.05) is 6.04 Å². The van der Waals surface area contributed by atoms with Crippen molar-refractivity contribution in [3.8, 4) is 0 Å². The number of hydrogen-bond donors (Lipinski definition) is 0. The molecule has 0 saturated carbocycles. The molecule has 2 fully saturated rings. The molecule has 0 radical (unpaired) electrons. The normalized spacial score (nSPS) is 38.2. The fourth-order valence-corrected chi connectivity index (χ4v) is 3.70. The van der Waals surface area contributed by atoms with Crippen LogP contribution in [0, 0.1) is 11.8 Å². The zero-order chi connectivity index (χ0) is 15.4. The maximum absolute atomic E-state index is 12.8. The molecule has 21 heavy (non-hydrogen) atoms. The lowest BCUT2D eigenvalue weighted by Crippen LogP contribution is -2.41. The summed E-state index contributed by atoms with van der Waals surface area (Å²) in [4.78, 5) is 27.0. The van der Waals surface area contributed by atoms with Crippen LogP contribution in [-0.2, 0) is 19.1 Å². The van der Waals surface area contributed by atoms with E-state index < -0.39 is 17.4 Å². The average molecular weight is 293 g/mol. The van der Waals surface area contributed by atoms with Crippen LogP contribution in [0.25, 0.3) is 0 Å². The topological polar surface area (TPSA) is 55.8 Å². The van der Waals surface area contributed by atoms with Crippen molar-refractivity contribution < 1.29 is 19.1 Å². The van der Waals surface area contributed by atoms with Crippen molar-refractivity contribution in [3.63, 3.8) is 0 Å². The Balaban J connectivity index is 1.88. The fourth-order valence-electron chi connectivity index (χ4n) is 3.70. The second-order valence-corrected chi connectivity index (χ2v) is 6.61. The largest absolute Gasteiger partial charge is 0.463 e. The third kappa shape index (κ3) is 2.01. The highest BCUT2D eigenvalue weighted by Crippen LogP contribution is 2.52. The number of amides is 1. The number of hydrogen-bond acceptors (Lipinski definition) is 4. The van der Waals surface area contributed by atoms with E-state index in [1.165, 1.54) is 0 Å². The van der Waals surface area contributed by atoms with Gasteiger partial charge in [-0.25, -0.2) is 0 Å². The predicted octanol–water partition coefficient (Wildman–Crippen LogP) is 1.52.